The molecule has 15 heavy (non-hydrogen) atoms. The molecule has 0 saturated carbocycles. The maximum Gasteiger partial charge on any atom is 0.208 e. The van der Waals surface area contributed by atoms with Gasteiger partial charge in [0, 0.05) is 25.5 Å². The van der Waals surface area contributed by atoms with Gasteiger partial charge in [0.1, 0.15) is 5.51 Å². The summed E-state index contributed by atoms with van der Waals surface area (Å²) in [6.45, 7) is 2.02. The highest BCUT2D eigenvalue weighted by atomic mass is 32.1. The Kier molecular flexibility index (Phi) is 2.13. The fourth-order valence-corrected chi connectivity index (χ4v) is 2.53. The van der Waals surface area contributed by atoms with Crippen LogP contribution in [-0.2, 0) is 0 Å². The van der Waals surface area contributed by atoms with Crippen LogP contribution in [0.25, 0.3) is 0 Å². The first-order valence-electron chi connectivity index (χ1n) is 4.94. The van der Waals surface area contributed by atoms with Crippen LogP contribution in [0.5, 0.6) is 0 Å². The molecule has 3 rings (SSSR count). The van der Waals surface area contributed by atoms with Gasteiger partial charge in [-0.15, -0.1) is 10.2 Å². The van der Waals surface area contributed by atoms with E-state index in [1.807, 2.05) is 23.1 Å². The van der Waals surface area contributed by atoms with E-state index in [1.165, 1.54) is 0 Å². The van der Waals surface area contributed by atoms with E-state index < -0.39 is 0 Å². The van der Waals surface area contributed by atoms with Crippen LogP contribution in [0.4, 0.5) is 5.13 Å². The zero-order valence-corrected chi connectivity index (χ0v) is 8.97. The van der Waals surface area contributed by atoms with Gasteiger partial charge in [0.05, 0.1) is 6.04 Å². The Morgan fingerprint density at radius 2 is 2.47 bits per heavy atom. The smallest absolute Gasteiger partial charge is 0.208 e. The first-order chi connectivity index (χ1) is 7.43. The maximum absolute atomic E-state index is 4.27. The van der Waals surface area contributed by atoms with E-state index in [0.29, 0.717) is 6.04 Å². The van der Waals surface area contributed by atoms with Crippen LogP contribution in [0, 0.1) is 0 Å². The number of rotatable bonds is 2. The molecule has 1 unspecified atom stereocenters. The van der Waals surface area contributed by atoms with Gasteiger partial charge in [0.15, 0.2) is 0 Å². The van der Waals surface area contributed by atoms with Crippen molar-refractivity contribution in [2.45, 2.75) is 12.5 Å². The summed E-state index contributed by atoms with van der Waals surface area (Å²) in [5, 5.41) is 13.2. The lowest BCUT2D eigenvalue weighted by Crippen LogP contribution is -2.20. The van der Waals surface area contributed by atoms with Crippen molar-refractivity contribution in [3.63, 3.8) is 0 Å². The maximum atomic E-state index is 4.27. The number of hydrogen-bond donors (Lipinski definition) is 0. The summed E-state index contributed by atoms with van der Waals surface area (Å²) in [7, 11) is 0. The van der Waals surface area contributed by atoms with Gasteiger partial charge in [-0.1, -0.05) is 11.3 Å². The van der Waals surface area contributed by atoms with Crippen LogP contribution in [-0.4, -0.2) is 33.1 Å². The quantitative estimate of drug-likeness (QED) is 0.764. The minimum atomic E-state index is 0.476. The number of nitrogens with zero attached hydrogens (tertiary/aromatic N) is 5. The van der Waals surface area contributed by atoms with E-state index in [1.54, 1.807) is 16.8 Å². The number of aromatic nitrogens is 4. The highest BCUT2D eigenvalue weighted by Crippen LogP contribution is 2.26. The molecule has 1 fully saturated rings. The molecule has 0 bridgehead atoms. The molecule has 0 N–H and O–H groups in total. The highest BCUT2D eigenvalue weighted by molar-refractivity contribution is 7.13. The molecule has 1 saturated heterocycles. The zero-order valence-electron chi connectivity index (χ0n) is 8.15. The van der Waals surface area contributed by atoms with Crippen LogP contribution >= 0.6 is 11.3 Å². The molecular weight excluding hydrogens is 210 g/mol. The predicted octanol–water partition coefficient (Wildman–Crippen LogP) is 1.19. The molecule has 0 spiro atoms. The van der Waals surface area contributed by atoms with Crippen LogP contribution in [0.3, 0.4) is 0 Å². The fraction of sp³-hybridized carbons (Fsp3) is 0.444. The van der Waals surface area contributed by atoms with Crippen LogP contribution < -0.4 is 4.90 Å². The lowest BCUT2D eigenvalue weighted by Gasteiger charge is -2.14. The molecule has 3 heterocycles. The molecule has 0 radical (unpaired) electrons. The fourth-order valence-electron chi connectivity index (χ4n) is 1.93. The lowest BCUT2D eigenvalue weighted by atomic mass is 10.3. The monoisotopic (exact) mass is 221 g/mol. The lowest BCUT2D eigenvalue weighted by molar-refractivity contribution is 0.494. The van der Waals surface area contributed by atoms with Crippen LogP contribution in [0.2, 0.25) is 0 Å². The molecule has 1 aliphatic heterocycles. The van der Waals surface area contributed by atoms with Crippen LogP contribution in [0.15, 0.2) is 24.0 Å². The van der Waals surface area contributed by atoms with Gasteiger partial charge < -0.3 is 4.90 Å². The van der Waals surface area contributed by atoms with Gasteiger partial charge >= 0.3 is 0 Å². The topological polar surface area (TPSA) is 46.8 Å². The van der Waals surface area contributed by atoms with Crippen molar-refractivity contribution in [3.8, 4) is 0 Å². The Labute approximate surface area is 91.4 Å². The molecule has 5 nitrogen and oxygen atoms in total. The minimum absolute atomic E-state index is 0.476. The molecule has 0 aromatic carbocycles. The molecule has 0 amide bonds. The predicted molar refractivity (Wildman–Crippen MR) is 58.0 cm³/mol. The van der Waals surface area contributed by atoms with E-state index in [9.17, 15) is 0 Å². The largest absolute Gasteiger partial charge is 0.344 e. The summed E-state index contributed by atoms with van der Waals surface area (Å²) in [4.78, 5) is 2.27. The summed E-state index contributed by atoms with van der Waals surface area (Å²) in [6.07, 6.45) is 4.98. The van der Waals surface area contributed by atoms with Crippen molar-refractivity contribution in [1.29, 1.82) is 0 Å². The summed E-state index contributed by atoms with van der Waals surface area (Å²) in [5.41, 5.74) is 1.77. The highest BCUT2D eigenvalue weighted by Gasteiger charge is 2.25. The standard InChI is InChI=1S/C9H11N5S/c1-3-11-14(4-1)8-2-5-13(6-8)9-12-10-7-15-9/h1,3-4,7-8H,2,5-6H2. The van der Waals surface area contributed by atoms with Crippen molar-refractivity contribution in [2.75, 3.05) is 18.0 Å². The third-order valence-corrected chi connectivity index (χ3v) is 3.43. The minimum Gasteiger partial charge on any atom is -0.344 e. The van der Waals surface area contributed by atoms with Gasteiger partial charge in [0.25, 0.3) is 0 Å². The van der Waals surface area contributed by atoms with Crippen molar-refractivity contribution in [1.82, 2.24) is 20.0 Å². The molecule has 78 valence electrons. The van der Waals surface area contributed by atoms with Gasteiger partial charge in [-0.25, -0.2) is 0 Å². The summed E-state index contributed by atoms with van der Waals surface area (Å²) < 4.78 is 2.03. The van der Waals surface area contributed by atoms with E-state index in [2.05, 4.69) is 20.2 Å². The first kappa shape index (κ1) is 8.84. The Morgan fingerprint density at radius 1 is 1.47 bits per heavy atom. The zero-order chi connectivity index (χ0) is 10.1. The van der Waals surface area contributed by atoms with E-state index >= 15 is 0 Å². The third-order valence-electron chi connectivity index (χ3n) is 2.68. The number of anilines is 1. The molecule has 2 aromatic heterocycles. The molecular formula is C9H11N5S. The van der Waals surface area contributed by atoms with E-state index in [4.69, 9.17) is 0 Å². The van der Waals surface area contributed by atoms with Crippen LogP contribution in [0.1, 0.15) is 12.5 Å². The summed E-state index contributed by atoms with van der Waals surface area (Å²) >= 11 is 1.59. The second-order valence-electron chi connectivity index (χ2n) is 3.60. The summed E-state index contributed by atoms with van der Waals surface area (Å²) in [5.74, 6) is 0. The average molecular weight is 221 g/mol. The molecule has 2 aromatic rings. The van der Waals surface area contributed by atoms with Gasteiger partial charge in [-0.3, -0.25) is 4.68 Å². The van der Waals surface area contributed by atoms with Crippen molar-refractivity contribution < 1.29 is 0 Å². The van der Waals surface area contributed by atoms with Crippen molar-refractivity contribution in [3.05, 3.63) is 24.0 Å². The SMILES string of the molecule is c1cnn(C2CCN(c3nncs3)C2)c1. The molecule has 6 heteroatoms. The molecule has 1 aliphatic rings. The number of hydrogen-bond acceptors (Lipinski definition) is 5. The average Bonchev–Trinajstić information content (AvgIpc) is 3.02. The first-order valence-corrected chi connectivity index (χ1v) is 5.82. The van der Waals surface area contributed by atoms with Crippen molar-refractivity contribution >= 4 is 16.5 Å². The Bertz CT molecular complexity index is 369. The Morgan fingerprint density at radius 3 is 3.20 bits per heavy atom. The third kappa shape index (κ3) is 1.61. The van der Waals surface area contributed by atoms with E-state index in [0.717, 1.165) is 24.6 Å². The Hall–Kier alpha value is -1.43. The van der Waals surface area contributed by atoms with E-state index in [-0.39, 0.29) is 0 Å². The van der Waals surface area contributed by atoms with Crippen molar-refractivity contribution in [2.24, 2.45) is 0 Å². The van der Waals surface area contributed by atoms with Gasteiger partial charge in [0.2, 0.25) is 5.13 Å². The molecule has 0 aliphatic carbocycles. The Balaban J connectivity index is 1.74. The van der Waals surface area contributed by atoms with Gasteiger partial charge in [-0.2, -0.15) is 5.10 Å². The normalized spacial score (nSPS) is 21.1. The molecule has 1 atom stereocenters. The summed E-state index contributed by atoms with van der Waals surface area (Å²) in [6, 6.07) is 2.44. The second kappa shape index (κ2) is 3.62. The van der Waals surface area contributed by atoms with Gasteiger partial charge in [-0.05, 0) is 12.5 Å². The second-order valence-corrected chi connectivity index (χ2v) is 4.41.